The monoisotopic (exact) mass is 254 g/mol. The lowest BCUT2D eigenvalue weighted by atomic mass is 10.2. The molecular formula is C13H10N4O2. The molecule has 2 heterocycles. The van der Waals surface area contributed by atoms with Crippen molar-refractivity contribution >= 4 is 22.5 Å². The first-order valence-electron chi connectivity index (χ1n) is 5.66. The summed E-state index contributed by atoms with van der Waals surface area (Å²) < 4.78 is 0. The van der Waals surface area contributed by atoms with Crippen molar-refractivity contribution in [2.75, 3.05) is 5.32 Å². The Morgan fingerprint density at radius 3 is 3.00 bits per heavy atom. The van der Waals surface area contributed by atoms with Crippen LogP contribution in [0.5, 0.6) is 0 Å². The van der Waals surface area contributed by atoms with Crippen molar-refractivity contribution in [1.29, 1.82) is 0 Å². The molecule has 6 nitrogen and oxygen atoms in total. The van der Waals surface area contributed by atoms with Gasteiger partial charge in [-0.2, -0.15) is 5.10 Å². The molecule has 19 heavy (non-hydrogen) atoms. The van der Waals surface area contributed by atoms with E-state index < -0.39 is 11.5 Å². The number of nitrogens with one attached hydrogen (secondary N) is 3. The highest BCUT2D eigenvalue weighted by atomic mass is 16.2. The van der Waals surface area contributed by atoms with Crippen LogP contribution in [0.4, 0.5) is 5.69 Å². The first-order valence-corrected chi connectivity index (χ1v) is 5.66. The predicted octanol–water partition coefficient (Wildman–Crippen LogP) is 1.50. The lowest BCUT2D eigenvalue weighted by Crippen LogP contribution is -2.22. The van der Waals surface area contributed by atoms with Gasteiger partial charge in [0, 0.05) is 17.3 Å². The molecule has 0 aliphatic heterocycles. The summed E-state index contributed by atoms with van der Waals surface area (Å²) in [6.45, 7) is 0. The van der Waals surface area contributed by atoms with Crippen molar-refractivity contribution in [2.45, 2.75) is 0 Å². The lowest BCUT2D eigenvalue weighted by molar-refractivity contribution is 0.102. The quantitative estimate of drug-likeness (QED) is 0.647. The van der Waals surface area contributed by atoms with E-state index in [0.717, 1.165) is 10.9 Å². The summed E-state index contributed by atoms with van der Waals surface area (Å²) in [5.41, 5.74) is 1.16. The molecule has 1 aromatic carbocycles. The molecule has 3 rings (SSSR count). The number of carbonyl (C=O) groups excluding carboxylic acids is 1. The molecule has 0 spiro atoms. The zero-order valence-corrected chi connectivity index (χ0v) is 9.81. The average molecular weight is 254 g/mol. The lowest BCUT2D eigenvalue weighted by Gasteiger charge is -2.04. The molecular weight excluding hydrogens is 244 g/mol. The van der Waals surface area contributed by atoms with Crippen LogP contribution in [0.1, 0.15) is 10.4 Å². The van der Waals surface area contributed by atoms with Crippen molar-refractivity contribution in [3.63, 3.8) is 0 Å². The molecule has 0 aliphatic rings. The van der Waals surface area contributed by atoms with Gasteiger partial charge in [-0.25, -0.2) is 0 Å². The number of aromatic nitrogens is 3. The molecule has 0 saturated carbocycles. The third-order valence-corrected chi connectivity index (χ3v) is 2.76. The minimum absolute atomic E-state index is 0.0785. The third kappa shape index (κ3) is 2.11. The van der Waals surface area contributed by atoms with Gasteiger partial charge in [0.15, 0.2) is 0 Å². The maximum Gasteiger partial charge on any atom is 0.261 e. The summed E-state index contributed by atoms with van der Waals surface area (Å²) in [4.78, 5) is 25.9. The number of hydrogen-bond donors (Lipinski definition) is 3. The number of pyridine rings is 1. The van der Waals surface area contributed by atoms with Gasteiger partial charge in [0.1, 0.15) is 5.56 Å². The van der Waals surface area contributed by atoms with E-state index in [4.69, 9.17) is 0 Å². The standard InChI is InChI=1S/C13H10N4O2/c18-12-10(2-1-5-14-12)13(19)16-9-3-4-11-8(6-9)7-15-17-11/h1-7H,(H,14,18)(H,15,17)(H,16,19). The van der Waals surface area contributed by atoms with Crippen LogP contribution in [0.3, 0.4) is 0 Å². The molecule has 0 atom stereocenters. The number of fused-ring (bicyclic) bond motifs is 1. The Hall–Kier alpha value is -2.89. The molecule has 0 saturated heterocycles. The Bertz CT molecular complexity index is 803. The van der Waals surface area contributed by atoms with Crippen LogP contribution in [0.15, 0.2) is 47.5 Å². The number of anilines is 1. The zero-order chi connectivity index (χ0) is 13.2. The van der Waals surface area contributed by atoms with Gasteiger partial charge in [0.25, 0.3) is 11.5 Å². The smallest absolute Gasteiger partial charge is 0.261 e. The van der Waals surface area contributed by atoms with Crippen LogP contribution in [-0.2, 0) is 0 Å². The summed E-state index contributed by atoms with van der Waals surface area (Å²) in [6.07, 6.45) is 3.15. The maximum atomic E-state index is 12.0. The summed E-state index contributed by atoms with van der Waals surface area (Å²) in [5, 5.41) is 10.3. The van der Waals surface area contributed by atoms with E-state index in [9.17, 15) is 9.59 Å². The molecule has 0 unspecified atom stereocenters. The molecule has 0 aliphatic carbocycles. The van der Waals surface area contributed by atoms with Crippen molar-refractivity contribution in [2.24, 2.45) is 0 Å². The van der Waals surface area contributed by atoms with Crippen molar-refractivity contribution in [3.05, 3.63) is 58.6 Å². The second kappa shape index (κ2) is 4.41. The minimum Gasteiger partial charge on any atom is -0.328 e. The summed E-state index contributed by atoms with van der Waals surface area (Å²) in [7, 11) is 0. The summed E-state index contributed by atoms with van der Waals surface area (Å²) in [5.74, 6) is -0.440. The molecule has 0 fully saturated rings. The number of benzene rings is 1. The number of H-pyrrole nitrogens is 2. The Balaban J connectivity index is 1.90. The van der Waals surface area contributed by atoms with Crippen LogP contribution in [0.2, 0.25) is 0 Å². The zero-order valence-electron chi connectivity index (χ0n) is 9.81. The Morgan fingerprint density at radius 2 is 2.16 bits per heavy atom. The fourth-order valence-corrected chi connectivity index (χ4v) is 1.82. The second-order valence-electron chi connectivity index (χ2n) is 4.04. The second-order valence-corrected chi connectivity index (χ2v) is 4.04. The molecule has 2 aromatic heterocycles. The Morgan fingerprint density at radius 1 is 1.26 bits per heavy atom. The molecule has 6 heteroatoms. The maximum absolute atomic E-state index is 12.0. The predicted molar refractivity (Wildman–Crippen MR) is 71.1 cm³/mol. The van der Waals surface area contributed by atoms with Crippen molar-refractivity contribution in [3.8, 4) is 0 Å². The highest BCUT2D eigenvalue weighted by molar-refractivity contribution is 6.04. The van der Waals surface area contributed by atoms with Crippen molar-refractivity contribution < 1.29 is 4.79 Å². The fraction of sp³-hybridized carbons (Fsp3) is 0. The van der Waals surface area contributed by atoms with E-state index in [1.54, 1.807) is 24.4 Å². The first-order chi connectivity index (χ1) is 9.24. The largest absolute Gasteiger partial charge is 0.328 e. The highest BCUT2D eigenvalue weighted by Gasteiger charge is 2.10. The minimum atomic E-state index is -0.440. The molecule has 3 aromatic rings. The number of nitrogens with zero attached hydrogens (tertiary/aromatic N) is 1. The van der Waals surface area contributed by atoms with Crippen LogP contribution in [-0.4, -0.2) is 21.1 Å². The summed E-state index contributed by atoms with van der Waals surface area (Å²) >= 11 is 0. The number of carbonyl (C=O) groups is 1. The first kappa shape index (κ1) is 11.2. The van der Waals surface area contributed by atoms with Gasteiger partial charge < -0.3 is 10.3 Å². The highest BCUT2D eigenvalue weighted by Crippen LogP contribution is 2.16. The van der Waals surface area contributed by atoms with E-state index >= 15 is 0 Å². The van der Waals surface area contributed by atoms with Gasteiger partial charge in [0.2, 0.25) is 0 Å². The van der Waals surface area contributed by atoms with Gasteiger partial charge in [0.05, 0.1) is 11.7 Å². The van der Waals surface area contributed by atoms with Crippen LogP contribution in [0.25, 0.3) is 10.9 Å². The fourth-order valence-electron chi connectivity index (χ4n) is 1.82. The Kier molecular flexibility index (Phi) is 2.60. The van der Waals surface area contributed by atoms with Crippen LogP contribution >= 0.6 is 0 Å². The molecule has 94 valence electrons. The van der Waals surface area contributed by atoms with E-state index in [1.807, 2.05) is 6.07 Å². The van der Waals surface area contributed by atoms with Gasteiger partial charge in [-0.1, -0.05) is 0 Å². The van der Waals surface area contributed by atoms with Gasteiger partial charge >= 0.3 is 0 Å². The van der Waals surface area contributed by atoms with Gasteiger partial charge in [-0.05, 0) is 30.3 Å². The number of hydrogen-bond acceptors (Lipinski definition) is 3. The third-order valence-electron chi connectivity index (χ3n) is 2.76. The van der Waals surface area contributed by atoms with E-state index in [-0.39, 0.29) is 5.56 Å². The van der Waals surface area contributed by atoms with Gasteiger partial charge in [-0.15, -0.1) is 0 Å². The number of amides is 1. The van der Waals surface area contributed by atoms with E-state index in [1.165, 1.54) is 12.3 Å². The number of aromatic amines is 2. The molecule has 3 N–H and O–H groups in total. The summed E-state index contributed by atoms with van der Waals surface area (Å²) in [6, 6.07) is 8.43. The SMILES string of the molecule is O=C(Nc1ccc2[nH]ncc2c1)c1ccc[nH]c1=O. The molecule has 0 radical (unpaired) electrons. The molecule has 0 bridgehead atoms. The molecule has 1 amide bonds. The average Bonchev–Trinajstić information content (AvgIpc) is 2.86. The normalized spacial score (nSPS) is 10.5. The number of rotatable bonds is 2. The van der Waals surface area contributed by atoms with E-state index in [0.29, 0.717) is 5.69 Å². The topological polar surface area (TPSA) is 90.6 Å². The Labute approximate surface area is 107 Å². The van der Waals surface area contributed by atoms with Crippen LogP contribution in [0, 0.1) is 0 Å². The van der Waals surface area contributed by atoms with Crippen LogP contribution < -0.4 is 10.9 Å². The van der Waals surface area contributed by atoms with E-state index in [2.05, 4.69) is 20.5 Å². The van der Waals surface area contributed by atoms with Gasteiger partial charge in [-0.3, -0.25) is 14.7 Å². The van der Waals surface area contributed by atoms with Crippen molar-refractivity contribution in [1.82, 2.24) is 15.2 Å².